The van der Waals surface area contributed by atoms with Gasteiger partial charge in [0, 0.05) is 24.6 Å². The second-order valence-corrected chi connectivity index (χ2v) is 15.1. The molecule has 6 heteroatoms. The molecule has 7 rings (SSSR count). The zero-order chi connectivity index (χ0) is 38.2. The number of hydrogen-bond donors (Lipinski definition) is 0. The Balaban J connectivity index is 1.38. The molecule has 54 heavy (non-hydrogen) atoms. The van der Waals surface area contributed by atoms with Gasteiger partial charge in [0.15, 0.2) is 0 Å². The number of fused-ring (bicyclic) bond motifs is 3. The zero-order valence-corrected chi connectivity index (χ0v) is 31.1. The largest absolute Gasteiger partial charge is 0.463 e. The Morgan fingerprint density at radius 2 is 1.20 bits per heavy atom. The Labute approximate surface area is 316 Å². The zero-order valence-electron chi connectivity index (χ0n) is 31.1. The lowest BCUT2D eigenvalue weighted by atomic mass is 9.74. The molecule has 0 spiro atoms. The summed E-state index contributed by atoms with van der Waals surface area (Å²) in [6.07, 6.45) is 5.00. The van der Waals surface area contributed by atoms with E-state index in [1.807, 2.05) is 6.07 Å². The van der Waals surface area contributed by atoms with E-state index >= 15 is 0 Å². The molecule has 1 atom stereocenters. The monoisotopic (exact) mass is 716 g/mol. The van der Waals surface area contributed by atoms with Gasteiger partial charge in [0.2, 0.25) is 0 Å². The van der Waals surface area contributed by atoms with Gasteiger partial charge < -0.3 is 14.2 Å². The van der Waals surface area contributed by atoms with Crippen LogP contribution in [0.1, 0.15) is 55.9 Å². The molecule has 0 bridgehead atoms. The predicted molar refractivity (Wildman–Crippen MR) is 217 cm³/mol. The lowest BCUT2D eigenvalue weighted by Crippen LogP contribution is -2.33. The van der Waals surface area contributed by atoms with E-state index in [9.17, 15) is 14.4 Å². The highest BCUT2D eigenvalue weighted by molar-refractivity contribution is 6.25. The molecule has 1 aliphatic carbocycles. The van der Waals surface area contributed by atoms with Crippen molar-refractivity contribution >= 4 is 50.2 Å². The van der Waals surface area contributed by atoms with Crippen molar-refractivity contribution in [3.05, 3.63) is 145 Å². The van der Waals surface area contributed by atoms with Gasteiger partial charge in [-0.25, -0.2) is 14.4 Å². The smallest absolute Gasteiger partial charge is 0.330 e. The minimum Gasteiger partial charge on any atom is -0.463 e. The Hall–Kier alpha value is -6.01. The molecule has 6 nitrogen and oxygen atoms in total. The number of carbonyl (C=O) groups is 3. The van der Waals surface area contributed by atoms with Crippen LogP contribution in [0, 0.1) is 0 Å². The molecule has 0 saturated heterocycles. The lowest BCUT2D eigenvalue weighted by molar-refractivity contribution is -0.139. The number of ether oxygens (including phenoxy) is 3. The third-order valence-electron chi connectivity index (χ3n) is 10.8. The number of hydrogen-bond acceptors (Lipinski definition) is 6. The predicted octanol–water partition coefficient (Wildman–Crippen LogP) is 10.3. The van der Waals surface area contributed by atoms with Gasteiger partial charge in [0.05, 0.1) is 18.6 Å². The summed E-state index contributed by atoms with van der Waals surface area (Å²) in [4.78, 5) is 36.5. The van der Waals surface area contributed by atoms with Crippen molar-refractivity contribution in [1.82, 2.24) is 0 Å². The Kier molecular flexibility index (Phi) is 9.71. The third kappa shape index (κ3) is 6.57. The van der Waals surface area contributed by atoms with Crippen LogP contribution in [0.4, 0.5) is 0 Å². The van der Waals surface area contributed by atoms with Gasteiger partial charge in [-0.1, -0.05) is 119 Å². The van der Waals surface area contributed by atoms with E-state index in [4.69, 9.17) is 14.2 Å². The lowest BCUT2D eigenvalue weighted by Gasteiger charge is -2.32. The van der Waals surface area contributed by atoms with E-state index in [2.05, 4.69) is 119 Å². The van der Waals surface area contributed by atoms with Gasteiger partial charge in [0.1, 0.15) is 6.61 Å². The minimum atomic E-state index is -0.777. The molecular weight excluding hydrogens is 673 g/mol. The molecule has 0 amide bonds. The number of benzene rings is 6. The Morgan fingerprint density at radius 1 is 0.630 bits per heavy atom. The van der Waals surface area contributed by atoms with E-state index in [-0.39, 0.29) is 25.2 Å². The maximum Gasteiger partial charge on any atom is 0.330 e. The van der Waals surface area contributed by atoms with E-state index in [1.165, 1.54) is 44.0 Å². The molecule has 272 valence electrons. The maximum atomic E-state index is 12.7. The fraction of sp³-hybridized carbons (Fsp3) is 0.229. The average Bonchev–Trinajstić information content (AvgIpc) is 3.44. The standard InChI is InChI=1S/C48H44O6/c1-7-42(49)52-23-10-22-48(29-54-44(51)9-3)40-25-30(21-24-53-43(50)8-2)11-17-37(40)38-19-15-32(28-41(38)48)36-18-14-31-12-13-33-26-35(47(4,5)6)27-34-16-20-39(36)46(31)45(33)34/h7-9,11-20,25-28H,1-3,10,21-24,29H2,4-6H3. The molecule has 0 heterocycles. The summed E-state index contributed by atoms with van der Waals surface area (Å²) in [5.41, 5.74) is 7.78. The normalized spacial score (nSPS) is 14.8. The summed E-state index contributed by atoms with van der Waals surface area (Å²) in [6, 6.07) is 30.8. The van der Waals surface area contributed by atoms with Crippen LogP contribution >= 0.6 is 0 Å². The molecular formula is C48H44O6. The molecule has 0 aliphatic heterocycles. The highest BCUT2D eigenvalue weighted by Gasteiger charge is 2.44. The highest BCUT2D eigenvalue weighted by Crippen LogP contribution is 2.53. The number of esters is 3. The van der Waals surface area contributed by atoms with E-state index in [0.717, 1.165) is 51.1 Å². The van der Waals surface area contributed by atoms with Crippen LogP contribution in [-0.2, 0) is 45.8 Å². The van der Waals surface area contributed by atoms with Crippen molar-refractivity contribution in [2.45, 2.75) is 50.9 Å². The molecule has 6 aromatic rings. The van der Waals surface area contributed by atoms with Crippen LogP contribution in [0.15, 0.2) is 123 Å². The van der Waals surface area contributed by atoms with Gasteiger partial charge in [-0.3, -0.25) is 0 Å². The van der Waals surface area contributed by atoms with Crippen LogP contribution in [0.25, 0.3) is 54.6 Å². The fourth-order valence-electron chi connectivity index (χ4n) is 8.05. The minimum absolute atomic E-state index is 0.0243. The van der Waals surface area contributed by atoms with Gasteiger partial charge in [0.25, 0.3) is 0 Å². The first-order valence-corrected chi connectivity index (χ1v) is 18.4. The van der Waals surface area contributed by atoms with Crippen LogP contribution < -0.4 is 0 Å². The third-order valence-corrected chi connectivity index (χ3v) is 10.8. The first-order chi connectivity index (χ1) is 26.0. The summed E-state index contributed by atoms with van der Waals surface area (Å²) >= 11 is 0. The van der Waals surface area contributed by atoms with Crippen molar-refractivity contribution in [3.8, 4) is 22.3 Å². The second kappa shape index (κ2) is 14.4. The quantitative estimate of drug-likeness (QED) is 0.0389. The van der Waals surface area contributed by atoms with Crippen molar-refractivity contribution in [2.24, 2.45) is 0 Å². The molecule has 0 saturated carbocycles. The van der Waals surface area contributed by atoms with E-state index in [1.54, 1.807) is 0 Å². The van der Waals surface area contributed by atoms with Gasteiger partial charge in [-0.05, 0) is 101 Å². The van der Waals surface area contributed by atoms with Crippen molar-refractivity contribution in [3.63, 3.8) is 0 Å². The Bertz CT molecular complexity index is 2460. The molecule has 0 aromatic heterocycles. The topological polar surface area (TPSA) is 78.9 Å². The van der Waals surface area contributed by atoms with Crippen molar-refractivity contribution in [1.29, 1.82) is 0 Å². The van der Waals surface area contributed by atoms with E-state index < -0.39 is 23.3 Å². The van der Waals surface area contributed by atoms with Crippen molar-refractivity contribution in [2.75, 3.05) is 19.8 Å². The first-order valence-electron chi connectivity index (χ1n) is 18.4. The van der Waals surface area contributed by atoms with Crippen LogP contribution in [-0.4, -0.2) is 37.7 Å². The van der Waals surface area contributed by atoms with Gasteiger partial charge >= 0.3 is 17.9 Å². The second-order valence-electron chi connectivity index (χ2n) is 15.1. The van der Waals surface area contributed by atoms with Gasteiger partial charge in [-0.2, -0.15) is 0 Å². The molecule has 1 unspecified atom stereocenters. The summed E-state index contributed by atoms with van der Waals surface area (Å²) < 4.78 is 16.6. The molecule has 6 aromatic carbocycles. The summed E-state index contributed by atoms with van der Waals surface area (Å²) in [5.74, 6) is -1.48. The summed E-state index contributed by atoms with van der Waals surface area (Å²) in [6.45, 7) is 17.8. The van der Waals surface area contributed by atoms with Crippen LogP contribution in [0.5, 0.6) is 0 Å². The summed E-state index contributed by atoms with van der Waals surface area (Å²) in [5, 5.41) is 7.32. The number of rotatable bonds is 13. The highest BCUT2D eigenvalue weighted by atomic mass is 16.5. The van der Waals surface area contributed by atoms with Crippen LogP contribution in [0.2, 0.25) is 0 Å². The average molecular weight is 717 g/mol. The molecule has 1 aliphatic rings. The molecule has 0 radical (unpaired) electrons. The molecule has 0 fully saturated rings. The first kappa shape index (κ1) is 36.4. The Morgan fingerprint density at radius 3 is 1.89 bits per heavy atom. The molecule has 0 N–H and O–H groups in total. The van der Waals surface area contributed by atoms with Crippen molar-refractivity contribution < 1.29 is 28.6 Å². The van der Waals surface area contributed by atoms with E-state index in [0.29, 0.717) is 19.3 Å². The van der Waals surface area contributed by atoms with Crippen LogP contribution in [0.3, 0.4) is 0 Å². The maximum absolute atomic E-state index is 12.7. The van der Waals surface area contributed by atoms with Gasteiger partial charge in [-0.15, -0.1) is 0 Å². The summed E-state index contributed by atoms with van der Waals surface area (Å²) in [7, 11) is 0. The number of carbonyl (C=O) groups excluding carboxylic acids is 3. The fourth-order valence-corrected chi connectivity index (χ4v) is 8.05. The SMILES string of the molecule is C=CC(=O)OCCCC1(COC(=O)C=C)c2cc(CCOC(=O)C=C)ccc2-c2ccc(-c3ccc4ccc5cc(C(C)(C)C)cc6ccc3c4c56)cc21.